The van der Waals surface area contributed by atoms with Gasteiger partial charge in [-0.25, -0.2) is 29.9 Å². The molecule has 116 valence electrons. The van der Waals surface area contributed by atoms with Crippen LogP contribution < -0.4 is 13.6 Å². The van der Waals surface area contributed by atoms with Gasteiger partial charge in [-0.15, -0.1) is 0 Å². The van der Waals surface area contributed by atoms with Gasteiger partial charge in [0.05, 0.1) is 0 Å². The van der Waals surface area contributed by atoms with E-state index in [0.29, 0.717) is 0 Å². The smallest absolute Gasteiger partial charge is 0.349 e. The number of hydrogen-bond acceptors (Lipinski definition) is 10. The maximum absolute atomic E-state index is 12.8. The van der Waals surface area contributed by atoms with E-state index in [9.17, 15) is 4.57 Å². The van der Waals surface area contributed by atoms with Crippen molar-refractivity contribution < 1.29 is 18.1 Å². The van der Waals surface area contributed by atoms with Gasteiger partial charge in [-0.05, 0) is 18.2 Å². The Morgan fingerprint density at radius 1 is 0.565 bits per heavy atom. The van der Waals surface area contributed by atoms with E-state index < -0.39 is 7.82 Å². The van der Waals surface area contributed by atoms with Crippen LogP contribution in [0.2, 0.25) is 0 Å². The normalized spacial score (nSPS) is 10.8. The van der Waals surface area contributed by atoms with E-state index in [1.165, 1.54) is 37.2 Å². The molecule has 0 aromatic carbocycles. The molecule has 0 radical (unpaired) electrons. The molecule has 0 aliphatic carbocycles. The molecule has 0 bridgehead atoms. The summed E-state index contributed by atoms with van der Waals surface area (Å²) in [7, 11) is -4.26. The fourth-order valence-electron chi connectivity index (χ4n) is 1.35. The maximum atomic E-state index is 12.8. The minimum Gasteiger partial charge on any atom is -0.349 e. The molecule has 0 N–H and O–H groups in total. The second-order valence-electron chi connectivity index (χ2n) is 3.82. The molecule has 0 saturated carbocycles. The summed E-state index contributed by atoms with van der Waals surface area (Å²) in [5.41, 5.74) is 0. The Hall–Kier alpha value is -3.13. The molecule has 0 saturated heterocycles. The lowest BCUT2D eigenvalue weighted by atomic mass is 10.7. The predicted molar refractivity (Wildman–Crippen MR) is 75.6 cm³/mol. The summed E-state index contributed by atoms with van der Waals surface area (Å²) in [6, 6.07) is 4.09. The van der Waals surface area contributed by atoms with Gasteiger partial charge in [-0.2, -0.15) is 4.57 Å². The summed E-state index contributed by atoms with van der Waals surface area (Å²) in [6.07, 6.45) is 8.44. The molecule has 0 fully saturated rings. The monoisotopic (exact) mass is 332 g/mol. The summed E-state index contributed by atoms with van der Waals surface area (Å²) in [6.45, 7) is 0. The van der Waals surface area contributed by atoms with Crippen LogP contribution >= 0.6 is 7.82 Å². The van der Waals surface area contributed by atoms with Crippen molar-refractivity contribution in [3.05, 3.63) is 55.4 Å². The molecule has 3 aromatic rings. The van der Waals surface area contributed by atoms with E-state index in [1.807, 2.05) is 0 Å². The van der Waals surface area contributed by atoms with Gasteiger partial charge in [-0.3, -0.25) is 0 Å². The highest BCUT2D eigenvalue weighted by molar-refractivity contribution is 7.49. The Morgan fingerprint density at radius 2 is 0.826 bits per heavy atom. The second kappa shape index (κ2) is 6.75. The second-order valence-corrected chi connectivity index (χ2v) is 5.26. The number of aromatic nitrogens is 6. The molecule has 10 nitrogen and oxygen atoms in total. The molecule has 3 aromatic heterocycles. The summed E-state index contributed by atoms with van der Waals surface area (Å²) in [5, 5.41) is 0. The summed E-state index contributed by atoms with van der Waals surface area (Å²) < 4.78 is 28.2. The van der Waals surface area contributed by atoms with Crippen molar-refractivity contribution in [2.45, 2.75) is 0 Å². The van der Waals surface area contributed by atoms with E-state index in [2.05, 4.69) is 29.9 Å². The van der Waals surface area contributed by atoms with Crippen molar-refractivity contribution in [1.29, 1.82) is 0 Å². The van der Waals surface area contributed by atoms with E-state index in [0.717, 1.165) is 0 Å². The largest absolute Gasteiger partial charge is 0.654 e. The summed E-state index contributed by atoms with van der Waals surface area (Å²) >= 11 is 0. The van der Waals surface area contributed by atoms with Crippen LogP contribution in [0.25, 0.3) is 0 Å². The van der Waals surface area contributed by atoms with Gasteiger partial charge in [0.15, 0.2) is 0 Å². The standard InChI is InChI=1S/C12H9N6O4P/c19-23(20-10-13-4-1-5-14-10,21-11-15-6-2-7-16-11)22-12-17-8-3-9-18-12/h1-9H. The van der Waals surface area contributed by atoms with E-state index in [-0.39, 0.29) is 18.0 Å². The van der Waals surface area contributed by atoms with E-state index >= 15 is 0 Å². The zero-order valence-corrected chi connectivity index (χ0v) is 12.4. The lowest BCUT2D eigenvalue weighted by Gasteiger charge is -2.15. The average molecular weight is 332 g/mol. The average Bonchev–Trinajstić information content (AvgIpc) is 2.57. The van der Waals surface area contributed by atoms with Gasteiger partial charge in [0.25, 0.3) is 0 Å². The molecule has 0 spiro atoms. The molecule has 3 rings (SSSR count). The topological polar surface area (TPSA) is 122 Å². The maximum Gasteiger partial charge on any atom is 0.654 e. The van der Waals surface area contributed by atoms with Crippen LogP contribution in [-0.4, -0.2) is 29.9 Å². The van der Waals surface area contributed by atoms with E-state index in [4.69, 9.17) is 13.6 Å². The van der Waals surface area contributed by atoms with Gasteiger partial charge >= 0.3 is 25.9 Å². The molecule has 3 heterocycles. The zero-order chi connectivity index (χ0) is 16.0. The first kappa shape index (κ1) is 14.8. The summed E-state index contributed by atoms with van der Waals surface area (Å²) in [5.74, 6) is 0. The van der Waals surface area contributed by atoms with Crippen LogP contribution in [0.3, 0.4) is 0 Å². The van der Waals surface area contributed by atoms with Crippen molar-refractivity contribution in [2.75, 3.05) is 0 Å². The third-order valence-corrected chi connectivity index (χ3v) is 3.37. The van der Waals surface area contributed by atoms with Gasteiger partial charge in [0.2, 0.25) is 0 Å². The first-order chi connectivity index (χ1) is 11.2. The number of rotatable bonds is 6. The lowest BCUT2D eigenvalue weighted by Crippen LogP contribution is -2.11. The number of nitrogens with zero attached hydrogens (tertiary/aromatic N) is 6. The number of phosphoric ester groups is 1. The third-order valence-electron chi connectivity index (χ3n) is 2.21. The van der Waals surface area contributed by atoms with Gasteiger partial charge in [-0.1, -0.05) is 0 Å². The Balaban J connectivity index is 1.87. The lowest BCUT2D eigenvalue weighted by molar-refractivity contribution is 0.274. The van der Waals surface area contributed by atoms with Crippen LogP contribution in [0.4, 0.5) is 0 Å². The molecule has 11 heteroatoms. The van der Waals surface area contributed by atoms with Crippen molar-refractivity contribution in [2.24, 2.45) is 0 Å². The highest BCUT2D eigenvalue weighted by Crippen LogP contribution is 2.47. The van der Waals surface area contributed by atoms with Crippen LogP contribution in [0.1, 0.15) is 0 Å². The van der Waals surface area contributed by atoms with Crippen LogP contribution in [0.5, 0.6) is 18.0 Å². The van der Waals surface area contributed by atoms with Crippen LogP contribution in [-0.2, 0) is 4.57 Å². The molecule has 23 heavy (non-hydrogen) atoms. The first-order valence-electron chi connectivity index (χ1n) is 6.23. The molecule has 0 amide bonds. The molecule has 0 aliphatic rings. The highest BCUT2D eigenvalue weighted by Gasteiger charge is 2.36. The summed E-state index contributed by atoms with van der Waals surface area (Å²) in [4.78, 5) is 22.8. The van der Waals surface area contributed by atoms with Gasteiger partial charge in [0.1, 0.15) is 0 Å². The first-order valence-corrected chi connectivity index (χ1v) is 7.69. The fraction of sp³-hybridized carbons (Fsp3) is 0. The molecule has 0 unspecified atom stereocenters. The van der Waals surface area contributed by atoms with Crippen molar-refractivity contribution in [3.63, 3.8) is 0 Å². The molecule has 0 aliphatic heterocycles. The van der Waals surface area contributed by atoms with Crippen LogP contribution in [0.15, 0.2) is 55.4 Å². The van der Waals surface area contributed by atoms with E-state index in [1.54, 1.807) is 18.2 Å². The van der Waals surface area contributed by atoms with Crippen LogP contribution in [0, 0.1) is 0 Å². The minimum absolute atomic E-state index is 0.206. The minimum atomic E-state index is -4.26. The Kier molecular flexibility index (Phi) is 4.34. The number of hydrogen-bond donors (Lipinski definition) is 0. The zero-order valence-electron chi connectivity index (χ0n) is 11.5. The SMILES string of the molecule is O=P(Oc1ncccn1)(Oc1ncccn1)Oc1ncccn1. The van der Waals surface area contributed by atoms with Crippen molar-refractivity contribution in [1.82, 2.24) is 29.9 Å². The fourth-order valence-corrected chi connectivity index (χ4v) is 2.35. The highest BCUT2D eigenvalue weighted by atomic mass is 31.2. The Bertz CT molecular complexity index is 684. The van der Waals surface area contributed by atoms with Gasteiger partial charge < -0.3 is 13.6 Å². The molecular weight excluding hydrogens is 323 g/mol. The molecular formula is C12H9N6O4P. The quantitative estimate of drug-likeness (QED) is 0.616. The van der Waals surface area contributed by atoms with Crippen molar-refractivity contribution >= 4 is 7.82 Å². The van der Waals surface area contributed by atoms with Crippen molar-refractivity contribution in [3.8, 4) is 18.0 Å². The van der Waals surface area contributed by atoms with Gasteiger partial charge in [0, 0.05) is 37.2 Å². The molecule has 0 atom stereocenters. The predicted octanol–water partition coefficient (Wildman–Crippen LogP) is 1.70. The third kappa shape index (κ3) is 4.17. The number of phosphoric acid groups is 1. The Labute approximate surface area is 130 Å². The Morgan fingerprint density at radius 3 is 1.09 bits per heavy atom.